The van der Waals surface area contributed by atoms with Gasteiger partial charge in [-0.2, -0.15) is 0 Å². The lowest BCUT2D eigenvalue weighted by molar-refractivity contribution is 0.102. The smallest absolute Gasteiger partial charge is 0.174 e. The van der Waals surface area contributed by atoms with E-state index in [0.29, 0.717) is 12.3 Å². The molecule has 3 aromatic rings. The number of hydrogen-bond acceptors (Lipinski definition) is 4. The van der Waals surface area contributed by atoms with E-state index in [1.54, 1.807) is 25.1 Å². The largest absolute Gasteiger partial charge is 0.497 e. The zero-order valence-corrected chi connectivity index (χ0v) is 16.1. The molecular weight excluding hydrogens is 346 g/mol. The van der Waals surface area contributed by atoms with E-state index >= 15 is 0 Å². The fourth-order valence-electron chi connectivity index (χ4n) is 2.99. The highest BCUT2D eigenvalue weighted by Gasteiger charge is 2.16. The van der Waals surface area contributed by atoms with Gasteiger partial charge >= 0.3 is 0 Å². The second-order valence-electron chi connectivity index (χ2n) is 6.22. The minimum absolute atomic E-state index is 0.164. The van der Waals surface area contributed by atoms with E-state index in [-0.39, 0.29) is 5.78 Å². The van der Waals surface area contributed by atoms with Crippen molar-refractivity contribution < 1.29 is 13.9 Å². The quantitative estimate of drug-likeness (QED) is 0.531. The highest BCUT2D eigenvalue weighted by Crippen LogP contribution is 2.22. The fraction of sp³-hybridized carbons (Fsp3) is 0.286. The third-order valence-corrected chi connectivity index (χ3v) is 5.41. The molecule has 2 heterocycles. The maximum atomic E-state index is 12.7. The second kappa shape index (κ2) is 8.32. The molecule has 3 rings (SSSR count). The van der Waals surface area contributed by atoms with Gasteiger partial charge in [0.2, 0.25) is 0 Å². The predicted octanol–water partition coefficient (Wildman–Crippen LogP) is 4.87. The topological polar surface area (TPSA) is 44.4 Å². The van der Waals surface area contributed by atoms with Crippen LogP contribution in [0, 0.1) is 13.8 Å². The SMILES string of the molecule is COc1cccc(CSCC(=O)c2cc(C)n(Cc3ccco3)c2C)c1. The molecule has 2 aromatic heterocycles. The summed E-state index contributed by atoms with van der Waals surface area (Å²) < 4.78 is 12.8. The summed E-state index contributed by atoms with van der Waals surface area (Å²) in [6.07, 6.45) is 1.67. The number of carbonyl (C=O) groups excluding carboxylic acids is 1. The minimum Gasteiger partial charge on any atom is -0.497 e. The summed E-state index contributed by atoms with van der Waals surface area (Å²) in [5.41, 5.74) is 4.02. The zero-order valence-electron chi connectivity index (χ0n) is 15.3. The molecule has 0 aliphatic carbocycles. The number of methoxy groups -OCH3 is 1. The lowest BCUT2D eigenvalue weighted by Crippen LogP contribution is -2.07. The van der Waals surface area contributed by atoms with E-state index in [4.69, 9.17) is 9.15 Å². The minimum atomic E-state index is 0.164. The molecule has 5 heteroatoms. The molecule has 1 aromatic carbocycles. The Morgan fingerprint density at radius 3 is 2.77 bits per heavy atom. The summed E-state index contributed by atoms with van der Waals surface area (Å²) in [5, 5.41) is 0. The molecule has 0 spiro atoms. The molecule has 0 unspecified atom stereocenters. The normalized spacial score (nSPS) is 10.9. The van der Waals surface area contributed by atoms with Crippen molar-refractivity contribution in [3.05, 3.63) is 77.0 Å². The molecule has 0 amide bonds. The second-order valence-corrected chi connectivity index (χ2v) is 7.20. The van der Waals surface area contributed by atoms with Crippen LogP contribution in [0.15, 0.2) is 53.1 Å². The molecule has 0 saturated carbocycles. The van der Waals surface area contributed by atoms with Gasteiger partial charge in [-0.25, -0.2) is 0 Å². The van der Waals surface area contributed by atoms with Gasteiger partial charge in [-0.1, -0.05) is 12.1 Å². The van der Waals surface area contributed by atoms with Gasteiger partial charge in [0.25, 0.3) is 0 Å². The van der Waals surface area contributed by atoms with Gasteiger partial charge in [0.1, 0.15) is 11.5 Å². The Labute approximate surface area is 158 Å². The molecule has 0 aliphatic heterocycles. The average Bonchev–Trinajstić information content (AvgIpc) is 3.25. The highest BCUT2D eigenvalue weighted by molar-refractivity contribution is 7.99. The van der Waals surface area contributed by atoms with E-state index in [1.165, 1.54) is 0 Å². The maximum absolute atomic E-state index is 12.7. The number of ketones is 1. The Morgan fingerprint density at radius 1 is 1.19 bits per heavy atom. The van der Waals surface area contributed by atoms with Crippen LogP contribution in [0.3, 0.4) is 0 Å². The van der Waals surface area contributed by atoms with Gasteiger partial charge < -0.3 is 13.7 Å². The average molecular weight is 369 g/mol. The van der Waals surface area contributed by atoms with Crippen LogP contribution in [0.1, 0.15) is 33.1 Å². The summed E-state index contributed by atoms with van der Waals surface area (Å²) in [6.45, 7) is 4.67. The van der Waals surface area contributed by atoms with Crippen molar-refractivity contribution in [3.63, 3.8) is 0 Å². The van der Waals surface area contributed by atoms with Crippen molar-refractivity contribution in [1.29, 1.82) is 0 Å². The maximum Gasteiger partial charge on any atom is 0.174 e. The van der Waals surface area contributed by atoms with Crippen molar-refractivity contribution >= 4 is 17.5 Å². The third-order valence-electron chi connectivity index (χ3n) is 4.40. The summed E-state index contributed by atoms with van der Waals surface area (Å²) in [6, 6.07) is 13.8. The number of carbonyl (C=O) groups is 1. The van der Waals surface area contributed by atoms with Crippen LogP contribution >= 0.6 is 11.8 Å². The number of aromatic nitrogens is 1. The van der Waals surface area contributed by atoms with Crippen molar-refractivity contribution in [3.8, 4) is 5.75 Å². The molecule has 0 radical (unpaired) electrons. The number of Topliss-reactive ketones (excluding diaryl/α,β-unsaturated/α-hetero) is 1. The van der Waals surface area contributed by atoms with E-state index in [9.17, 15) is 4.79 Å². The van der Waals surface area contributed by atoms with Crippen LogP contribution in [0.25, 0.3) is 0 Å². The van der Waals surface area contributed by atoms with Crippen LogP contribution in [0.4, 0.5) is 0 Å². The van der Waals surface area contributed by atoms with E-state index < -0.39 is 0 Å². The fourth-order valence-corrected chi connectivity index (χ4v) is 3.84. The Hall–Kier alpha value is -2.40. The van der Waals surface area contributed by atoms with Crippen LogP contribution in [0.2, 0.25) is 0 Å². The van der Waals surface area contributed by atoms with Gasteiger partial charge in [-0.05, 0) is 49.7 Å². The standard InChI is InChI=1S/C21H23NO3S/c1-15-10-20(16(2)22(15)12-19-8-5-9-25-19)21(23)14-26-13-17-6-4-7-18(11-17)24-3/h4-11H,12-14H2,1-3H3. The number of furan rings is 1. The number of hydrogen-bond donors (Lipinski definition) is 0. The Kier molecular flexibility index (Phi) is 5.89. The molecule has 0 atom stereocenters. The van der Waals surface area contributed by atoms with Crippen LogP contribution in [-0.4, -0.2) is 23.2 Å². The predicted molar refractivity (Wildman–Crippen MR) is 105 cm³/mol. The van der Waals surface area contributed by atoms with Crippen molar-refractivity contribution in [2.45, 2.75) is 26.1 Å². The number of nitrogens with zero attached hydrogens (tertiary/aromatic N) is 1. The molecule has 26 heavy (non-hydrogen) atoms. The van der Waals surface area contributed by atoms with Crippen LogP contribution in [0.5, 0.6) is 5.75 Å². The number of benzene rings is 1. The summed E-state index contributed by atoms with van der Waals surface area (Å²) >= 11 is 1.62. The highest BCUT2D eigenvalue weighted by atomic mass is 32.2. The number of rotatable bonds is 8. The van der Waals surface area contributed by atoms with Gasteiger partial charge in [-0.3, -0.25) is 4.79 Å². The lowest BCUT2D eigenvalue weighted by Gasteiger charge is -2.08. The molecular formula is C21H23NO3S. The Morgan fingerprint density at radius 2 is 2.04 bits per heavy atom. The first-order valence-corrected chi connectivity index (χ1v) is 9.67. The van der Waals surface area contributed by atoms with E-state index in [1.807, 2.05) is 50.2 Å². The molecule has 0 saturated heterocycles. The molecule has 0 N–H and O–H groups in total. The van der Waals surface area contributed by atoms with Crippen molar-refractivity contribution in [1.82, 2.24) is 4.57 Å². The summed E-state index contributed by atoms with van der Waals surface area (Å²) in [4.78, 5) is 12.7. The van der Waals surface area contributed by atoms with Gasteiger partial charge in [-0.15, -0.1) is 11.8 Å². The Balaban J connectivity index is 1.62. The molecule has 0 bridgehead atoms. The van der Waals surface area contributed by atoms with Gasteiger partial charge in [0.15, 0.2) is 5.78 Å². The van der Waals surface area contributed by atoms with Gasteiger partial charge in [0.05, 0.1) is 25.7 Å². The first kappa shape index (κ1) is 18.4. The third kappa shape index (κ3) is 4.22. The van der Waals surface area contributed by atoms with E-state index in [2.05, 4.69) is 10.6 Å². The number of aryl methyl sites for hydroxylation is 1. The summed E-state index contributed by atoms with van der Waals surface area (Å²) in [7, 11) is 1.66. The molecule has 0 aliphatic rings. The van der Waals surface area contributed by atoms with Gasteiger partial charge in [0, 0.05) is 22.7 Å². The Bertz CT molecular complexity index is 881. The van der Waals surface area contributed by atoms with Crippen LogP contribution < -0.4 is 4.74 Å². The van der Waals surface area contributed by atoms with E-state index in [0.717, 1.165) is 39.8 Å². The number of ether oxygens (including phenoxy) is 1. The summed E-state index contributed by atoms with van der Waals surface area (Å²) in [5.74, 6) is 3.14. The molecule has 4 nitrogen and oxygen atoms in total. The first-order valence-electron chi connectivity index (χ1n) is 8.51. The molecule has 136 valence electrons. The molecule has 0 fully saturated rings. The van der Waals surface area contributed by atoms with Crippen molar-refractivity contribution in [2.75, 3.05) is 12.9 Å². The van der Waals surface area contributed by atoms with Crippen LogP contribution in [-0.2, 0) is 12.3 Å². The first-order chi connectivity index (χ1) is 12.6. The number of thioether (sulfide) groups is 1. The van der Waals surface area contributed by atoms with Crippen molar-refractivity contribution in [2.24, 2.45) is 0 Å². The zero-order chi connectivity index (χ0) is 18.5. The monoisotopic (exact) mass is 369 g/mol. The lowest BCUT2D eigenvalue weighted by atomic mass is 10.2.